The van der Waals surface area contributed by atoms with Gasteiger partial charge >= 0.3 is 0 Å². The fraction of sp³-hybridized carbons (Fsp3) is 0.0556. The normalized spacial score (nSPS) is 10.9. The SMILES string of the molecule is CS(=O)(=O)c1ccc(C(=O)Nc2nc(-c3ccc(C#N)cc3)cs2)cc1. The van der Waals surface area contributed by atoms with Crippen LogP contribution in [0.1, 0.15) is 15.9 Å². The van der Waals surface area contributed by atoms with Gasteiger partial charge in [-0.1, -0.05) is 12.1 Å². The van der Waals surface area contributed by atoms with Crippen molar-refractivity contribution >= 4 is 32.2 Å². The van der Waals surface area contributed by atoms with Crippen molar-refractivity contribution in [1.29, 1.82) is 5.26 Å². The lowest BCUT2D eigenvalue weighted by molar-refractivity contribution is 0.102. The van der Waals surface area contributed by atoms with E-state index in [1.165, 1.54) is 35.6 Å². The van der Waals surface area contributed by atoms with Crippen molar-refractivity contribution in [1.82, 2.24) is 4.98 Å². The molecule has 0 fully saturated rings. The summed E-state index contributed by atoms with van der Waals surface area (Å²) in [6.45, 7) is 0. The molecular weight excluding hydrogens is 370 g/mol. The number of benzene rings is 2. The first-order valence-electron chi connectivity index (χ1n) is 7.44. The third-order valence-corrected chi connectivity index (χ3v) is 5.47. The summed E-state index contributed by atoms with van der Waals surface area (Å²) in [6.07, 6.45) is 1.11. The number of carbonyl (C=O) groups is 1. The lowest BCUT2D eigenvalue weighted by atomic mass is 10.1. The van der Waals surface area contributed by atoms with Crippen LogP contribution in [0.5, 0.6) is 0 Å². The molecule has 26 heavy (non-hydrogen) atoms. The zero-order chi connectivity index (χ0) is 18.7. The van der Waals surface area contributed by atoms with Crippen molar-refractivity contribution < 1.29 is 13.2 Å². The molecule has 0 bridgehead atoms. The molecule has 6 nitrogen and oxygen atoms in total. The number of amides is 1. The van der Waals surface area contributed by atoms with Crippen LogP contribution in [-0.4, -0.2) is 25.6 Å². The summed E-state index contributed by atoms with van der Waals surface area (Å²) >= 11 is 1.28. The monoisotopic (exact) mass is 383 g/mol. The Morgan fingerprint density at radius 1 is 1.12 bits per heavy atom. The van der Waals surface area contributed by atoms with E-state index in [1.807, 2.05) is 5.38 Å². The van der Waals surface area contributed by atoms with Gasteiger partial charge in [-0.3, -0.25) is 10.1 Å². The van der Waals surface area contributed by atoms with E-state index in [-0.39, 0.29) is 10.8 Å². The molecule has 0 aliphatic rings. The summed E-state index contributed by atoms with van der Waals surface area (Å²) < 4.78 is 22.9. The van der Waals surface area contributed by atoms with E-state index in [9.17, 15) is 13.2 Å². The molecule has 3 aromatic rings. The Morgan fingerprint density at radius 3 is 2.35 bits per heavy atom. The molecule has 0 unspecified atom stereocenters. The highest BCUT2D eigenvalue weighted by Gasteiger charge is 2.12. The molecule has 1 N–H and O–H groups in total. The van der Waals surface area contributed by atoms with Gasteiger partial charge in [0.2, 0.25) is 0 Å². The largest absolute Gasteiger partial charge is 0.298 e. The predicted molar refractivity (Wildman–Crippen MR) is 99.8 cm³/mol. The van der Waals surface area contributed by atoms with E-state index in [0.717, 1.165) is 11.8 Å². The van der Waals surface area contributed by atoms with Crippen molar-refractivity contribution in [2.45, 2.75) is 4.90 Å². The molecule has 3 rings (SSSR count). The average Bonchev–Trinajstić information content (AvgIpc) is 3.09. The second-order valence-electron chi connectivity index (χ2n) is 5.48. The van der Waals surface area contributed by atoms with E-state index in [4.69, 9.17) is 5.26 Å². The molecule has 0 saturated carbocycles. The zero-order valence-corrected chi connectivity index (χ0v) is 15.3. The summed E-state index contributed by atoms with van der Waals surface area (Å²) in [4.78, 5) is 16.8. The van der Waals surface area contributed by atoms with Gasteiger partial charge in [0, 0.05) is 22.8 Å². The number of thiazole rings is 1. The highest BCUT2D eigenvalue weighted by atomic mass is 32.2. The van der Waals surface area contributed by atoms with Crippen LogP contribution in [0, 0.1) is 11.3 Å². The summed E-state index contributed by atoms with van der Waals surface area (Å²) in [5.41, 5.74) is 2.45. The van der Waals surface area contributed by atoms with Crippen LogP contribution in [0.15, 0.2) is 58.8 Å². The minimum Gasteiger partial charge on any atom is -0.298 e. The van der Waals surface area contributed by atoms with Gasteiger partial charge < -0.3 is 0 Å². The molecule has 0 aliphatic carbocycles. The molecule has 0 aliphatic heterocycles. The Morgan fingerprint density at radius 2 is 1.77 bits per heavy atom. The number of anilines is 1. The van der Waals surface area contributed by atoms with Crippen LogP contribution in [0.25, 0.3) is 11.3 Å². The maximum Gasteiger partial charge on any atom is 0.257 e. The minimum absolute atomic E-state index is 0.159. The third kappa shape index (κ3) is 3.96. The minimum atomic E-state index is -3.30. The van der Waals surface area contributed by atoms with Gasteiger partial charge in [-0.25, -0.2) is 13.4 Å². The maximum absolute atomic E-state index is 12.3. The van der Waals surface area contributed by atoms with Gasteiger partial charge in [0.25, 0.3) is 5.91 Å². The summed E-state index contributed by atoms with van der Waals surface area (Å²) in [5.74, 6) is -0.370. The number of carbonyl (C=O) groups excluding carboxylic acids is 1. The lowest BCUT2D eigenvalue weighted by Crippen LogP contribution is -2.11. The predicted octanol–water partition coefficient (Wildman–Crippen LogP) is 3.34. The van der Waals surface area contributed by atoms with Gasteiger partial charge in [0.05, 0.1) is 22.2 Å². The van der Waals surface area contributed by atoms with Crippen LogP contribution < -0.4 is 5.32 Å². The number of hydrogen-bond acceptors (Lipinski definition) is 6. The highest BCUT2D eigenvalue weighted by Crippen LogP contribution is 2.25. The topological polar surface area (TPSA) is 99.9 Å². The lowest BCUT2D eigenvalue weighted by Gasteiger charge is -2.03. The van der Waals surface area contributed by atoms with Crippen LogP contribution in [0.4, 0.5) is 5.13 Å². The summed E-state index contributed by atoms with van der Waals surface area (Å²) in [5, 5.41) is 13.8. The maximum atomic E-state index is 12.3. The zero-order valence-electron chi connectivity index (χ0n) is 13.6. The van der Waals surface area contributed by atoms with Gasteiger partial charge in [0.15, 0.2) is 15.0 Å². The molecular formula is C18H13N3O3S2. The van der Waals surface area contributed by atoms with Crippen LogP contribution in [-0.2, 0) is 9.84 Å². The molecule has 130 valence electrons. The van der Waals surface area contributed by atoms with E-state index in [1.54, 1.807) is 24.3 Å². The fourth-order valence-corrected chi connectivity index (χ4v) is 3.55. The number of aromatic nitrogens is 1. The molecule has 1 heterocycles. The Bertz CT molecular complexity index is 1090. The molecule has 0 spiro atoms. The molecule has 0 saturated heterocycles. The number of nitriles is 1. The Labute approximate surface area is 154 Å². The van der Waals surface area contributed by atoms with Crippen LogP contribution >= 0.6 is 11.3 Å². The third-order valence-electron chi connectivity index (χ3n) is 3.58. The van der Waals surface area contributed by atoms with Crippen molar-refractivity contribution in [2.24, 2.45) is 0 Å². The standard InChI is InChI=1S/C18H13N3O3S2/c1-26(23,24)15-8-6-14(7-9-15)17(22)21-18-20-16(11-25-18)13-4-2-12(10-19)3-5-13/h2-9,11H,1H3,(H,20,21,22). The highest BCUT2D eigenvalue weighted by molar-refractivity contribution is 7.90. The van der Waals surface area contributed by atoms with E-state index < -0.39 is 9.84 Å². The first kappa shape index (κ1) is 17.8. The molecule has 0 radical (unpaired) electrons. The van der Waals surface area contributed by atoms with E-state index in [2.05, 4.69) is 16.4 Å². The van der Waals surface area contributed by atoms with Crippen molar-refractivity contribution in [3.63, 3.8) is 0 Å². The summed E-state index contributed by atoms with van der Waals surface area (Å²) in [7, 11) is -3.30. The number of rotatable bonds is 4. The molecule has 8 heteroatoms. The van der Waals surface area contributed by atoms with Gasteiger partial charge in [-0.05, 0) is 36.4 Å². The number of hydrogen-bond donors (Lipinski definition) is 1. The van der Waals surface area contributed by atoms with Gasteiger partial charge in [-0.2, -0.15) is 5.26 Å². The molecule has 1 amide bonds. The second kappa shape index (κ2) is 7.07. The molecule has 1 aromatic heterocycles. The van der Waals surface area contributed by atoms with E-state index in [0.29, 0.717) is 22.0 Å². The smallest absolute Gasteiger partial charge is 0.257 e. The number of nitrogens with zero attached hydrogens (tertiary/aromatic N) is 2. The van der Waals surface area contributed by atoms with Crippen molar-refractivity contribution in [3.05, 3.63) is 65.0 Å². The second-order valence-corrected chi connectivity index (χ2v) is 8.35. The first-order valence-corrected chi connectivity index (χ1v) is 10.2. The Kier molecular flexibility index (Phi) is 4.84. The van der Waals surface area contributed by atoms with E-state index >= 15 is 0 Å². The first-order chi connectivity index (χ1) is 12.4. The number of nitrogens with one attached hydrogen (secondary N) is 1. The number of sulfone groups is 1. The van der Waals surface area contributed by atoms with Gasteiger partial charge in [0.1, 0.15) is 0 Å². The average molecular weight is 383 g/mol. The van der Waals surface area contributed by atoms with Gasteiger partial charge in [-0.15, -0.1) is 11.3 Å². The molecule has 2 aromatic carbocycles. The van der Waals surface area contributed by atoms with Crippen LogP contribution in [0.2, 0.25) is 0 Å². The van der Waals surface area contributed by atoms with Crippen molar-refractivity contribution in [2.75, 3.05) is 11.6 Å². The molecule has 0 atom stereocenters. The van der Waals surface area contributed by atoms with Crippen molar-refractivity contribution in [3.8, 4) is 17.3 Å². The Balaban J connectivity index is 1.74. The quantitative estimate of drug-likeness (QED) is 0.745. The van der Waals surface area contributed by atoms with Crippen LogP contribution in [0.3, 0.4) is 0 Å². The summed E-state index contributed by atoms with van der Waals surface area (Å²) in [6, 6.07) is 14.8. The Hall–Kier alpha value is -3.02. The fourth-order valence-electron chi connectivity index (χ4n) is 2.20.